The molecule has 6 heteroatoms. The first-order chi connectivity index (χ1) is 9.50. The van der Waals surface area contributed by atoms with E-state index in [9.17, 15) is 4.79 Å². The lowest BCUT2D eigenvalue weighted by atomic mass is 10.0. The minimum Gasteiger partial charge on any atom is -0.342 e. The van der Waals surface area contributed by atoms with Crippen molar-refractivity contribution in [3.8, 4) is 0 Å². The number of amides is 1. The number of carbonyl (C=O) groups is 1. The Hall–Kier alpha value is -1.43. The average Bonchev–Trinajstić information content (AvgIpc) is 2.99. The van der Waals surface area contributed by atoms with Crippen molar-refractivity contribution in [3.63, 3.8) is 0 Å². The summed E-state index contributed by atoms with van der Waals surface area (Å²) in [7, 11) is 1.88. The topological polar surface area (TPSA) is 54.3 Å². The summed E-state index contributed by atoms with van der Waals surface area (Å²) in [6, 6.07) is 0.621. The molecule has 2 rings (SSSR count). The van der Waals surface area contributed by atoms with Crippen LogP contribution in [0.2, 0.25) is 0 Å². The van der Waals surface area contributed by atoms with Gasteiger partial charge in [0, 0.05) is 32.4 Å². The van der Waals surface area contributed by atoms with Crippen LogP contribution < -0.4 is 0 Å². The molecule has 1 fully saturated rings. The molecular formula is C14H25N5O. The Balaban J connectivity index is 1.88. The summed E-state index contributed by atoms with van der Waals surface area (Å²) in [6.07, 6.45) is 5.68. The van der Waals surface area contributed by atoms with E-state index in [4.69, 9.17) is 0 Å². The fourth-order valence-electron chi connectivity index (χ4n) is 2.66. The lowest BCUT2D eigenvalue weighted by Crippen LogP contribution is -2.50. The van der Waals surface area contributed by atoms with Crippen LogP contribution in [0.4, 0.5) is 0 Å². The molecule has 0 unspecified atom stereocenters. The summed E-state index contributed by atoms with van der Waals surface area (Å²) in [5, 5.41) is 7.93. The fourth-order valence-corrected chi connectivity index (χ4v) is 2.66. The number of piperidine rings is 1. The van der Waals surface area contributed by atoms with E-state index in [0.717, 1.165) is 25.9 Å². The van der Waals surface area contributed by atoms with Crippen LogP contribution in [0.15, 0.2) is 12.4 Å². The van der Waals surface area contributed by atoms with Gasteiger partial charge >= 0.3 is 0 Å². The van der Waals surface area contributed by atoms with E-state index >= 15 is 0 Å². The second-order valence-electron chi connectivity index (χ2n) is 5.87. The molecule has 20 heavy (non-hydrogen) atoms. The SMILES string of the molecule is CC(C)N(C)C(=O)[C@H](C)N1CCC(n2ccnn2)CC1. The molecule has 1 aliphatic rings. The highest BCUT2D eigenvalue weighted by molar-refractivity contribution is 5.81. The van der Waals surface area contributed by atoms with Crippen LogP contribution in [0.5, 0.6) is 0 Å². The van der Waals surface area contributed by atoms with Gasteiger partial charge in [-0.25, -0.2) is 4.68 Å². The van der Waals surface area contributed by atoms with Gasteiger partial charge in [-0.1, -0.05) is 5.21 Å². The molecule has 0 aromatic carbocycles. The van der Waals surface area contributed by atoms with Crippen molar-refractivity contribution in [2.45, 2.75) is 51.7 Å². The van der Waals surface area contributed by atoms with Gasteiger partial charge in [0.15, 0.2) is 0 Å². The van der Waals surface area contributed by atoms with E-state index in [2.05, 4.69) is 15.2 Å². The Labute approximate surface area is 120 Å². The van der Waals surface area contributed by atoms with E-state index < -0.39 is 0 Å². The molecule has 1 saturated heterocycles. The zero-order valence-corrected chi connectivity index (χ0v) is 12.9. The first-order valence-corrected chi connectivity index (χ1v) is 7.37. The van der Waals surface area contributed by atoms with E-state index in [1.807, 2.05) is 43.6 Å². The van der Waals surface area contributed by atoms with Crippen LogP contribution in [0.1, 0.15) is 39.7 Å². The lowest BCUT2D eigenvalue weighted by Gasteiger charge is -2.37. The number of carbonyl (C=O) groups excluding carboxylic acids is 1. The summed E-state index contributed by atoms with van der Waals surface area (Å²) in [6.45, 7) is 7.97. The molecule has 1 amide bonds. The first kappa shape index (κ1) is 15.0. The van der Waals surface area contributed by atoms with Crippen molar-refractivity contribution >= 4 is 5.91 Å². The number of likely N-dealkylation sites (tertiary alicyclic amines) is 1. The summed E-state index contributed by atoms with van der Waals surface area (Å²) in [5.41, 5.74) is 0. The standard InChI is InChI=1S/C14H25N5O/c1-11(2)17(4)14(20)12(3)18-8-5-13(6-9-18)19-10-7-15-16-19/h7,10-13H,5-6,8-9H2,1-4H3/t12-/m0/s1. The smallest absolute Gasteiger partial charge is 0.239 e. The molecule has 0 aliphatic carbocycles. The molecule has 6 nitrogen and oxygen atoms in total. The number of rotatable bonds is 4. The van der Waals surface area contributed by atoms with Gasteiger partial charge < -0.3 is 4.90 Å². The highest BCUT2D eigenvalue weighted by Gasteiger charge is 2.29. The fraction of sp³-hybridized carbons (Fsp3) is 0.786. The monoisotopic (exact) mass is 279 g/mol. The minimum absolute atomic E-state index is 0.0425. The zero-order chi connectivity index (χ0) is 14.7. The van der Waals surface area contributed by atoms with E-state index in [-0.39, 0.29) is 18.0 Å². The number of aromatic nitrogens is 3. The highest BCUT2D eigenvalue weighted by Crippen LogP contribution is 2.23. The third-order valence-corrected chi connectivity index (χ3v) is 4.34. The Morgan fingerprint density at radius 2 is 1.95 bits per heavy atom. The van der Waals surface area contributed by atoms with Gasteiger partial charge in [-0.2, -0.15) is 0 Å². The van der Waals surface area contributed by atoms with Crippen LogP contribution in [0.3, 0.4) is 0 Å². The number of likely N-dealkylation sites (N-methyl/N-ethyl adjacent to an activating group) is 1. The second-order valence-corrected chi connectivity index (χ2v) is 5.87. The van der Waals surface area contributed by atoms with Gasteiger partial charge in [0.2, 0.25) is 5.91 Å². The lowest BCUT2D eigenvalue weighted by molar-refractivity contribution is -0.137. The summed E-state index contributed by atoms with van der Waals surface area (Å²) in [5.74, 6) is 0.208. The molecule has 1 aliphatic heterocycles. The van der Waals surface area contributed by atoms with Crippen molar-refractivity contribution in [1.82, 2.24) is 24.8 Å². The number of hydrogen-bond acceptors (Lipinski definition) is 4. The number of hydrogen-bond donors (Lipinski definition) is 0. The molecule has 1 aromatic heterocycles. The Kier molecular flexibility index (Phi) is 4.75. The van der Waals surface area contributed by atoms with Crippen LogP contribution in [-0.4, -0.2) is 62.9 Å². The summed E-state index contributed by atoms with van der Waals surface area (Å²) in [4.78, 5) is 16.5. The van der Waals surface area contributed by atoms with Gasteiger partial charge in [0.25, 0.3) is 0 Å². The summed E-state index contributed by atoms with van der Waals surface area (Å²) < 4.78 is 1.93. The predicted octanol–water partition coefficient (Wildman–Crippen LogP) is 1.17. The molecule has 0 saturated carbocycles. The molecule has 0 bridgehead atoms. The molecule has 112 valence electrons. The van der Waals surface area contributed by atoms with Gasteiger partial charge in [-0.05, 0) is 33.6 Å². The Bertz CT molecular complexity index is 423. The van der Waals surface area contributed by atoms with Crippen molar-refractivity contribution in [2.24, 2.45) is 0 Å². The van der Waals surface area contributed by atoms with Crippen LogP contribution in [-0.2, 0) is 4.79 Å². The Morgan fingerprint density at radius 1 is 1.30 bits per heavy atom. The average molecular weight is 279 g/mol. The molecule has 0 radical (unpaired) electrons. The minimum atomic E-state index is -0.0425. The molecule has 1 aromatic rings. The van der Waals surface area contributed by atoms with E-state index in [0.29, 0.717) is 6.04 Å². The van der Waals surface area contributed by atoms with Gasteiger partial charge in [-0.15, -0.1) is 5.10 Å². The molecule has 2 heterocycles. The largest absolute Gasteiger partial charge is 0.342 e. The maximum absolute atomic E-state index is 12.4. The van der Waals surface area contributed by atoms with E-state index in [1.165, 1.54) is 0 Å². The Morgan fingerprint density at radius 3 is 2.45 bits per heavy atom. The highest BCUT2D eigenvalue weighted by atomic mass is 16.2. The van der Waals surface area contributed by atoms with Crippen LogP contribution >= 0.6 is 0 Å². The second kappa shape index (κ2) is 6.35. The van der Waals surface area contributed by atoms with Gasteiger partial charge in [0.1, 0.15) is 0 Å². The van der Waals surface area contributed by atoms with Crippen molar-refractivity contribution in [1.29, 1.82) is 0 Å². The number of nitrogens with zero attached hydrogens (tertiary/aromatic N) is 5. The molecular weight excluding hydrogens is 254 g/mol. The summed E-state index contributed by atoms with van der Waals surface area (Å²) >= 11 is 0. The zero-order valence-electron chi connectivity index (χ0n) is 12.9. The van der Waals surface area contributed by atoms with Crippen molar-refractivity contribution in [3.05, 3.63) is 12.4 Å². The van der Waals surface area contributed by atoms with Gasteiger partial charge in [0.05, 0.1) is 18.3 Å². The molecule has 0 spiro atoms. The third kappa shape index (κ3) is 3.17. The normalized spacial score (nSPS) is 19.2. The maximum Gasteiger partial charge on any atom is 0.239 e. The van der Waals surface area contributed by atoms with Crippen LogP contribution in [0, 0.1) is 0 Å². The van der Waals surface area contributed by atoms with E-state index in [1.54, 1.807) is 6.20 Å². The van der Waals surface area contributed by atoms with Gasteiger partial charge in [-0.3, -0.25) is 9.69 Å². The molecule has 1 atom stereocenters. The maximum atomic E-state index is 12.4. The predicted molar refractivity (Wildman–Crippen MR) is 77.2 cm³/mol. The van der Waals surface area contributed by atoms with Crippen LogP contribution in [0.25, 0.3) is 0 Å². The molecule has 0 N–H and O–H groups in total. The third-order valence-electron chi connectivity index (χ3n) is 4.34. The first-order valence-electron chi connectivity index (χ1n) is 7.37. The quantitative estimate of drug-likeness (QED) is 0.830. The van der Waals surface area contributed by atoms with Crippen molar-refractivity contribution in [2.75, 3.05) is 20.1 Å². The van der Waals surface area contributed by atoms with Crippen molar-refractivity contribution < 1.29 is 4.79 Å².